The third-order valence-corrected chi connectivity index (χ3v) is 10.8. The van der Waals surface area contributed by atoms with E-state index in [9.17, 15) is 9.90 Å². The van der Waals surface area contributed by atoms with Gasteiger partial charge in [0.05, 0.1) is 18.8 Å². The lowest BCUT2D eigenvalue weighted by atomic mass is 9.43. The summed E-state index contributed by atoms with van der Waals surface area (Å²) in [5, 5.41) is 10.8. The van der Waals surface area contributed by atoms with Gasteiger partial charge in [-0.05, 0) is 118 Å². The van der Waals surface area contributed by atoms with E-state index >= 15 is 0 Å². The van der Waals surface area contributed by atoms with E-state index in [2.05, 4.69) is 24.5 Å². The summed E-state index contributed by atoms with van der Waals surface area (Å²) >= 11 is 0. The smallest absolute Gasteiger partial charge is 0.156 e. The van der Waals surface area contributed by atoms with Gasteiger partial charge in [0.15, 0.2) is 5.78 Å². The van der Waals surface area contributed by atoms with Crippen LogP contribution in [0.1, 0.15) is 77.3 Å². The zero-order valence-corrected chi connectivity index (χ0v) is 20.6. The van der Waals surface area contributed by atoms with Crippen LogP contribution in [-0.4, -0.2) is 34.8 Å². The normalized spacial score (nSPS) is 45.7. The van der Waals surface area contributed by atoms with Crippen molar-refractivity contribution in [2.45, 2.75) is 90.7 Å². The largest absolute Gasteiger partial charge is 0.390 e. The highest BCUT2D eigenvalue weighted by Crippen LogP contribution is 2.68. The summed E-state index contributed by atoms with van der Waals surface area (Å²) < 4.78 is 8.01. The Morgan fingerprint density at radius 3 is 2.66 bits per heavy atom. The number of carbonyl (C=O) groups is 1. The second-order valence-corrected chi connectivity index (χ2v) is 12.4. The summed E-state index contributed by atoms with van der Waals surface area (Å²) in [6.07, 6.45) is 12.1. The standard InChI is InChI=1S/C28H43NO3/c1-19-6-5-15-29(19)17-25(30)24-10-9-22-21-8-7-20-16-26(2,31)13-14-28(20,18-32-4)23(21)11-12-27(22,24)3/h5-6,15,20-24,31H,7-14,16-18H2,1-4H3/t20-,21+,22+,23+,24-,26-,27+,28-/m1/s1. The van der Waals surface area contributed by atoms with Gasteiger partial charge in [-0.2, -0.15) is 0 Å². The minimum Gasteiger partial charge on any atom is -0.390 e. The third kappa shape index (κ3) is 3.43. The SMILES string of the molecule is COC[C@]12CC[C@@](C)(O)C[C@H]1CC[C@H]1[C@@H]3CC[C@H](C(=O)Cn4cccc4C)[C@@]3(C)CC[C@@H]12. The molecule has 1 aromatic heterocycles. The summed E-state index contributed by atoms with van der Waals surface area (Å²) in [6, 6.07) is 4.13. The van der Waals surface area contributed by atoms with Crippen molar-refractivity contribution in [1.29, 1.82) is 0 Å². The predicted octanol–water partition coefficient (Wildman–Crippen LogP) is 5.40. The Kier molecular flexibility index (Phi) is 5.65. The average Bonchev–Trinajstić information content (AvgIpc) is 3.30. The molecule has 32 heavy (non-hydrogen) atoms. The maximum Gasteiger partial charge on any atom is 0.156 e. The summed E-state index contributed by atoms with van der Waals surface area (Å²) in [6.45, 7) is 7.95. The molecule has 4 nitrogen and oxygen atoms in total. The number of rotatable bonds is 5. The highest BCUT2D eigenvalue weighted by molar-refractivity contribution is 5.82. The van der Waals surface area contributed by atoms with Crippen LogP contribution in [0.3, 0.4) is 0 Å². The monoisotopic (exact) mass is 441 g/mol. The fraction of sp³-hybridized carbons (Fsp3) is 0.821. The Morgan fingerprint density at radius 2 is 1.94 bits per heavy atom. The van der Waals surface area contributed by atoms with Gasteiger partial charge in [0.1, 0.15) is 0 Å². The molecule has 4 heteroatoms. The van der Waals surface area contributed by atoms with Crippen molar-refractivity contribution >= 4 is 5.78 Å². The molecular formula is C28H43NO3. The second kappa shape index (κ2) is 7.98. The van der Waals surface area contributed by atoms with Crippen molar-refractivity contribution in [3.63, 3.8) is 0 Å². The summed E-state index contributed by atoms with van der Waals surface area (Å²) in [7, 11) is 1.86. The van der Waals surface area contributed by atoms with Crippen LogP contribution in [0.25, 0.3) is 0 Å². The Bertz CT molecular complexity index is 859. The average molecular weight is 442 g/mol. The van der Waals surface area contributed by atoms with E-state index in [-0.39, 0.29) is 16.7 Å². The molecule has 178 valence electrons. The van der Waals surface area contributed by atoms with E-state index in [4.69, 9.17) is 4.74 Å². The molecule has 5 rings (SSSR count). The Hall–Kier alpha value is -1.13. The molecule has 0 saturated heterocycles. The van der Waals surface area contributed by atoms with Crippen LogP contribution >= 0.6 is 0 Å². The number of Topliss-reactive ketones (excluding diaryl/α,β-unsaturated/α-hetero) is 1. The van der Waals surface area contributed by atoms with Crippen molar-refractivity contribution in [2.75, 3.05) is 13.7 Å². The van der Waals surface area contributed by atoms with Crippen LogP contribution < -0.4 is 0 Å². The number of nitrogens with zero attached hydrogens (tertiary/aromatic N) is 1. The quantitative estimate of drug-likeness (QED) is 0.665. The summed E-state index contributed by atoms with van der Waals surface area (Å²) in [4.78, 5) is 13.5. The molecule has 0 amide bonds. The number of ether oxygens (including phenoxy) is 1. The molecule has 1 heterocycles. The first-order chi connectivity index (χ1) is 15.2. The van der Waals surface area contributed by atoms with Crippen LogP contribution in [0.4, 0.5) is 0 Å². The number of aromatic nitrogens is 1. The fourth-order valence-electron chi connectivity index (χ4n) is 9.27. The molecule has 0 bridgehead atoms. The minimum atomic E-state index is -0.514. The van der Waals surface area contributed by atoms with Gasteiger partial charge < -0.3 is 14.4 Å². The molecule has 1 aromatic rings. The summed E-state index contributed by atoms with van der Waals surface area (Å²) in [5.74, 6) is 3.30. The molecule has 0 aliphatic heterocycles. The van der Waals surface area contributed by atoms with E-state index in [1.807, 2.05) is 26.3 Å². The van der Waals surface area contributed by atoms with E-state index in [1.54, 1.807) is 0 Å². The molecule has 0 spiro atoms. The number of hydrogen-bond acceptors (Lipinski definition) is 3. The van der Waals surface area contributed by atoms with E-state index in [0.717, 1.165) is 32.3 Å². The number of fused-ring (bicyclic) bond motifs is 5. The predicted molar refractivity (Wildman–Crippen MR) is 126 cm³/mol. The number of aryl methyl sites for hydroxylation is 1. The van der Waals surface area contributed by atoms with Gasteiger partial charge in [0, 0.05) is 24.9 Å². The Morgan fingerprint density at radius 1 is 1.12 bits per heavy atom. The van der Waals surface area contributed by atoms with Crippen LogP contribution in [0.2, 0.25) is 0 Å². The molecule has 4 saturated carbocycles. The molecule has 4 fully saturated rings. The zero-order chi connectivity index (χ0) is 22.7. The second-order valence-electron chi connectivity index (χ2n) is 12.4. The van der Waals surface area contributed by atoms with E-state index in [1.165, 1.54) is 37.8 Å². The Labute approximate surface area is 194 Å². The van der Waals surface area contributed by atoms with Crippen molar-refractivity contribution in [3.05, 3.63) is 24.0 Å². The van der Waals surface area contributed by atoms with Gasteiger partial charge >= 0.3 is 0 Å². The van der Waals surface area contributed by atoms with Crippen LogP contribution in [-0.2, 0) is 16.1 Å². The maximum atomic E-state index is 13.5. The number of aliphatic hydroxyl groups is 1. The lowest BCUT2D eigenvalue weighted by Crippen LogP contribution is -2.58. The van der Waals surface area contributed by atoms with Gasteiger partial charge in [-0.15, -0.1) is 0 Å². The molecule has 4 aliphatic rings. The third-order valence-electron chi connectivity index (χ3n) is 10.8. The van der Waals surface area contributed by atoms with Gasteiger partial charge in [-0.3, -0.25) is 4.79 Å². The van der Waals surface area contributed by atoms with Gasteiger partial charge in [0.25, 0.3) is 0 Å². The number of methoxy groups -OCH3 is 1. The van der Waals surface area contributed by atoms with Crippen molar-refractivity contribution in [1.82, 2.24) is 4.57 Å². The van der Waals surface area contributed by atoms with Crippen molar-refractivity contribution in [3.8, 4) is 0 Å². The molecular weight excluding hydrogens is 398 g/mol. The zero-order valence-electron chi connectivity index (χ0n) is 20.6. The highest BCUT2D eigenvalue weighted by Gasteiger charge is 2.63. The molecule has 0 radical (unpaired) electrons. The first kappa shape index (κ1) is 22.7. The number of carbonyl (C=O) groups excluding carboxylic acids is 1. The molecule has 1 N–H and O–H groups in total. The maximum absolute atomic E-state index is 13.5. The van der Waals surface area contributed by atoms with Crippen molar-refractivity contribution < 1.29 is 14.6 Å². The van der Waals surface area contributed by atoms with Crippen LogP contribution in [0.5, 0.6) is 0 Å². The van der Waals surface area contributed by atoms with Crippen LogP contribution in [0, 0.1) is 47.3 Å². The topological polar surface area (TPSA) is 51.5 Å². The first-order valence-electron chi connectivity index (χ1n) is 13.1. The highest BCUT2D eigenvalue weighted by atomic mass is 16.5. The molecule has 8 atom stereocenters. The molecule has 0 aromatic carbocycles. The number of ketones is 1. The molecule has 4 aliphatic carbocycles. The minimum absolute atomic E-state index is 0.153. The van der Waals surface area contributed by atoms with Crippen molar-refractivity contribution in [2.24, 2.45) is 40.4 Å². The van der Waals surface area contributed by atoms with Gasteiger partial charge in [0.2, 0.25) is 0 Å². The van der Waals surface area contributed by atoms with Gasteiger partial charge in [-0.1, -0.05) is 6.92 Å². The first-order valence-corrected chi connectivity index (χ1v) is 13.1. The molecule has 0 unspecified atom stereocenters. The number of hydrogen-bond donors (Lipinski definition) is 1. The lowest BCUT2D eigenvalue weighted by molar-refractivity contribution is -0.175. The fourth-order valence-corrected chi connectivity index (χ4v) is 9.27. The van der Waals surface area contributed by atoms with E-state index in [0.29, 0.717) is 36.0 Å². The Balaban J connectivity index is 1.38. The van der Waals surface area contributed by atoms with Gasteiger partial charge in [-0.25, -0.2) is 0 Å². The van der Waals surface area contributed by atoms with E-state index < -0.39 is 5.60 Å². The summed E-state index contributed by atoms with van der Waals surface area (Å²) in [5.41, 5.74) is 1.04. The lowest BCUT2D eigenvalue weighted by Gasteiger charge is -2.62. The van der Waals surface area contributed by atoms with Crippen LogP contribution in [0.15, 0.2) is 18.3 Å².